The van der Waals surface area contributed by atoms with Crippen LogP contribution in [-0.2, 0) is 6.54 Å². The maximum atomic E-state index is 13.1. The Morgan fingerprint density at radius 1 is 1.00 bits per heavy atom. The number of amides is 1. The van der Waals surface area contributed by atoms with Gasteiger partial charge >= 0.3 is 0 Å². The zero-order valence-corrected chi connectivity index (χ0v) is 18.6. The van der Waals surface area contributed by atoms with Gasteiger partial charge in [-0.15, -0.1) is 0 Å². The summed E-state index contributed by atoms with van der Waals surface area (Å²) >= 11 is 0. The highest BCUT2D eigenvalue weighted by molar-refractivity contribution is 6.06. The van der Waals surface area contributed by atoms with Gasteiger partial charge < -0.3 is 24.1 Å². The van der Waals surface area contributed by atoms with Crippen molar-refractivity contribution in [2.24, 2.45) is 0 Å². The summed E-state index contributed by atoms with van der Waals surface area (Å²) in [6.45, 7) is 0.707. The smallest absolute Gasteiger partial charge is 0.255 e. The maximum Gasteiger partial charge on any atom is 0.255 e. The molecule has 0 spiro atoms. The number of carbonyl (C=O) groups is 1. The molecule has 0 aliphatic carbocycles. The number of fused-ring (bicyclic) bond motifs is 1. The highest BCUT2D eigenvalue weighted by atomic mass is 16.5. The summed E-state index contributed by atoms with van der Waals surface area (Å²) in [6, 6.07) is 18.7. The Morgan fingerprint density at radius 2 is 1.75 bits per heavy atom. The average Bonchev–Trinajstić information content (AvgIpc) is 3.16. The van der Waals surface area contributed by atoms with Crippen molar-refractivity contribution in [2.75, 3.05) is 33.6 Å². The first kappa shape index (κ1) is 21.4. The lowest BCUT2D eigenvalue weighted by atomic mass is 10.1. The predicted octanol–water partition coefficient (Wildman–Crippen LogP) is 4.33. The van der Waals surface area contributed by atoms with Crippen molar-refractivity contribution in [1.29, 1.82) is 0 Å². The highest BCUT2D eigenvalue weighted by Gasteiger charge is 2.19. The van der Waals surface area contributed by atoms with Crippen LogP contribution in [0, 0.1) is 0 Å². The standard InChI is InChI=1S/C25H26N4O3/c1-28(2)16-20-24(27-23-11-7-8-14-29(20)23)18-9-5-6-10-19(18)26-25(30)17-12-13-21(31-3)22(15-17)32-4/h5-15H,16H2,1-4H3,(H,26,30). The molecule has 1 N–H and O–H groups in total. The van der Waals surface area contributed by atoms with E-state index < -0.39 is 0 Å². The van der Waals surface area contributed by atoms with Gasteiger partial charge in [-0.1, -0.05) is 24.3 Å². The van der Waals surface area contributed by atoms with Gasteiger partial charge in [-0.05, 0) is 50.5 Å². The quantitative estimate of drug-likeness (QED) is 0.473. The van der Waals surface area contributed by atoms with Gasteiger partial charge in [0.1, 0.15) is 5.65 Å². The van der Waals surface area contributed by atoms with Crippen LogP contribution in [0.25, 0.3) is 16.9 Å². The first-order valence-corrected chi connectivity index (χ1v) is 10.2. The number of hydrogen-bond acceptors (Lipinski definition) is 5. The molecule has 7 nitrogen and oxygen atoms in total. The number of ether oxygens (including phenoxy) is 2. The van der Waals surface area contributed by atoms with E-state index >= 15 is 0 Å². The van der Waals surface area contributed by atoms with Crippen LogP contribution < -0.4 is 14.8 Å². The van der Waals surface area contributed by atoms with Gasteiger partial charge in [0, 0.05) is 23.9 Å². The summed E-state index contributed by atoms with van der Waals surface area (Å²) in [6.07, 6.45) is 2.01. The minimum atomic E-state index is -0.240. The number of hydrogen-bond donors (Lipinski definition) is 1. The molecule has 0 unspecified atom stereocenters. The molecular weight excluding hydrogens is 404 g/mol. The van der Waals surface area contributed by atoms with Crippen molar-refractivity contribution < 1.29 is 14.3 Å². The lowest BCUT2D eigenvalue weighted by Gasteiger charge is -2.14. The van der Waals surface area contributed by atoms with E-state index in [0.717, 1.165) is 22.6 Å². The molecule has 0 bridgehead atoms. The fourth-order valence-electron chi connectivity index (χ4n) is 3.68. The summed E-state index contributed by atoms with van der Waals surface area (Å²) in [4.78, 5) is 20.0. The molecule has 1 amide bonds. The van der Waals surface area contributed by atoms with Crippen molar-refractivity contribution in [1.82, 2.24) is 14.3 Å². The molecule has 2 aromatic heterocycles. The third kappa shape index (κ3) is 4.15. The third-order valence-electron chi connectivity index (χ3n) is 5.17. The fraction of sp³-hybridized carbons (Fsp3) is 0.200. The van der Waals surface area contributed by atoms with Crippen LogP contribution >= 0.6 is 0 Å². The molecule has 2 aromatic carbocycles. The molecule has 0 fully saturated rings. The zero-order chi connectivity index (χ0) is 22.7. The molecule has 4 aromatic rings. The number of aromatic nitrogens is 2. The Labute approximate surface area is 187 Å². The second-order valence-corrected chi connectivity index (χ2v) is 7.64. The van der Waals surface area contributed by atoms with Gasteiger partial charge in [0.15, 0.2) is 11.5 Å². The Kier molecular flexibility index (Phi) is 6.09. The van der Waals surface area contributed by atoms with Crippen LogP contribution in [-0.4, -0.2) is 48.5 Å². The SMILES string of the molecule is COc1ccc(C(=O)Nc2ccccc2-c2nc3ccccn3c2CN(C)C)cc1OC. The molecule has 32 heavy (non-hydrogen) atoms. The molecular formula is C25H26N4O3. The number of rotatable bonds is 7. The number of carbonyl (C=O) groups excluding carboxylic acids is 1. The number of benzene rings is 2. The first-order chi connectivity index (χ1) is 15.5. The van der Waals surface area contributed by atoms with E-state index in [9.17, 15) is 4.79 Å². The van der Waals surface area contributed by atoms with Crippen molar-refractivity contribution in [2.45, 2.75) is 6.54 Å². The summed E-state index contributed by atoms with van der Waals surface area (Å²) < 4.78 is 12.7. The lowest BCUT2D eigenvalue weighted by Crippen LogP contribution is -2.14. The van der Waals surface area contributed by atoms with Gasteiger partial charge in [0.25, 0.3) is 5.91 Å². The monoisotopic (exact) mass is 430 g/mol. The number of methoxy groups -OCH3 is 2. The Balaban J connectivity index is 1.74. The van der Waals surface area contributed by atoms with Crippen molar-refractivity contribution in [3.8, 4) is 22.8 Å². The first-order valence-electron chi connectivity index (χ1n) is 10.2. The third-order valence-corrected chi connectivity index (χ3v) is 5.17. The number of nitrogens with one attached hydrogen (secondary N) is 1. The van der Waals surface area contributed by atoms with Gasteiger partial charge in [-0.3, -0.25) is 4.79 Å². The van der Waals surface area contributed by atoms with Gasteiger partial charge in [-0.2, -0.15) is 0 Å². The molecule has 0 atom stereocenters. The van der Waals surface area contributed by atoms with Crippen LogP contribution in [0.2, 0.25) is 0 Å². The summed E-state index contributed by atoms with van der Waals surface area (Å²) in [7, 11) is 7.16. The fourth-order valence-corrected chi connectivity index (χ4v) is 3.68. The molecule has 164 valence electrons. The van der Waals surface area contributed by atoms with Crippen LogP contribution in [0.15, 0.2) is 66.9 Å². The maximum absolute atomic E-state index is 13.1. The van der Waals surface area contributed by atoms with E-state index in [1.54, 1.807) is 32.4 Å². The van der Waals surface area contributed by atoms with E-state index in [1.807, 2.05) is 62.8 Å². The highest BCUT2D eigenvalue weighted by Crippen LogP contribution is 2.32. The predicted molar refractivity (Wildman–Crippen MR) is 126 cm³/mol. The van der Waals surface area contributed by atoms with Crippen LogP contribution in [0.5, 0.6) is 11.5 Å². The number of nitrogens with zero attached hydrogens (tertiary/aromatic N) is 3. The Hall–Kier alpha value is -3.84. The minimum Gasteiger partial charge on any atom is -0.493 e. The average molecular weight is 431 g/mol. The molecule has 0 saturated carbocycles. The molecule has 0 saturated heterocycles. The number of imidazole rings is 1. The largest absolute Gasteiger partial charge is 0.493 e. The Morgan fingerprint density at radius 3 is 2.50 bits per heavy atom. The van der Waals surface area contributed by atoms with Crippen molar-refractivity contribution in [3.05, 3.63) is 78.1 Å². The molecule has 2 heterocycles. The topological polar surface area (TPSA) is 68.1 Å². The van der Waals surface area contributed by atoms with E-state index in [-0.39, 0.29) is 5.91 Å². The van der Waals surface area contributed by atoms with Crippen LogP contribution in [0.3, 0.4) is 0 Å². The number of anilines is 1. The van der Waals surface area contributed by atoms with Crippen molar-refractivity contribution in [3.63, 3.8) is 0 Å². The molecule has 0 aliphatic heterocycles. The van der Waals surface area contributed by atoms with E-state index in [0.29, 0.717) is 29.3 Å². The number of pyridine rings is 1. The van der Waals surface area contributed by atoms with E-state index in [4.69, 9.17) is 14.5 Å². The number of para-hydroxylation sites is 1. The van der Waals surface area contributed by atoms with E-state index in [2.05, 4.69) is 14.6 Å². The normalized spacial score (nSPS) is 11.0. The molecule has 0 aliphatic rings. The second-order valence-electron chi connectivity index (χ2n) is 7.64. The summed E-state index contributed by atoms with van der Waals surface area (Å²) in [5.74, 6) is 0.834. The summed E-state index contributed by atoms with van der Waals surface area (Å²) in [5.41, 5.74) is 4.78. The van der Waals surface area contributed by atoms with Crippen LogP contribution in [0.4, 0.5) is 5.69 Å². The van der Waals surface area contributed by atoms with Gasteiger partial charge in [-0.25, -0.2) is 4.98 Å². The van der Waals surface area contributed by atoms with Crippen LogP contribution in [0.1, 0.15) is 16.1 Å². The Bertz CT molecular complexity index is 1260. The summed E-state index contributed by atoms with van der Waals surface area (Å²) in [5, 5.41) is 3.04. The van der Waals surface area contributed by atoms with Gasteiger partial charge in [0.05, 0.1) is 31.3 Å². The second kappa shape index (κ2) is 9.11. The minimum absolute atomic E-state index is 0.240. The molecule has 4 rings (SSSR count). The van der Waals surface area contributed by atoms with Crippen molar-refractivity contribution >= 4 is 17.2 Å². The van der Waals surface area contributed by atoms with Gasteiger partial charge in [0.2, 0.25) is 0 Å². The zero-order valence-electron chi connectivity index (χ0n) is 18.6. The lowest BCUT2D eigenvalue weighted by molar-refractivity contribution is 0.102. The molecule has 7 heteroatoms. The van der Waals surface area contributed by atoms with E-state index in [1.165, 1.54) is 0 Å². The molecule has 0 radical (unpaired) electrons.